The first-order valence-electron chi connectivity index (χ1n) is 18.0. The minimum Gasteiger partial charge on any atom is -0.508 e. The van der Waals surface area contributed by atoms with E-state index in [-0.39, 0.29) is 56.3 Å². The smallest absolute Gasteiger partial charge is 0.319 e. The van der Waals surface area contributed by atoms with Crippen LogP contribution in [0.2, 0.25) is 0 Å². The highest BCUT2D eigenvalue weighted by Crippen LogP contribution is 2.50. The number of hydrogen-bond donors (Lipinski definition) is 2. The molecule has 10 nitrogen and oxygen atoms in total. The highest BCUT2D eigenvalue weighted by atomic mass is 19.1. The number of halogens is 2. The number of terminal acetylenes is 1. The molecule has 12 heteroatoms. The first-order valence-corrected chi connectivity index (χ1v) is 18.0. The topological polar surface area (TPSA) is 113 Å². The van der Waals surface area contributed by atoms with Crippen LogP contribution in [-0.4, -0.2) is 88.4 Å². The second-order valence-corrected chi connectivity index (χ2v) is 14.7. The van der Waals surface area contributed by atoms with Gasteiger partial charge in [0.1, 0.15) is 28.6 Å². The van der Waals surface area contributed by atoms with Crippen LogP contribution in [0.5, 0.6) is 11.8 Å². The third-order valence-electron chi connectivity index (χ3n) is 11.3. The Kier molecular flexibility index (Phi) is 8.67. The van der Waals surface area contributed by atoms with Crippen molar-refractivity contribution in [3.05, 3.63) is 47.7 Å². The van der Waals surface area contributed by atoms with Crippen molar-refractivity contribution in [3.63, 3.8) is 0 Å². The number of likely N-dealkylation sites (tertiary alicyclic amines) is 1. The first-order chi connectivity index (χ1) is 24.7. The van der Waals surface area contributed by atoms with Crippen LogP contribution in [0.4, 0.5) is 14.6 Å². The molecule has 2 aromatic heterocycles. The Morgan fingerprint density at radius 3 is 2.76 bits per heavy atom. The lowest BCUT2D eigenvalue weighted by Crippen LogP contribution is -2.56. The number of nitrogens with zero attached hydrogens (tertiary/aromatic N) is 5. The van der Waals surface area contributed by atoms with Crippen LogP contribution in [0, 0.1) is 29.4 Å². The molecule has 2 aromatic carbocycles. The number of nitrogens with one attached hydrogen (secondary N) is 1. The van der Waals surface area contributed by atoms with Gasteiger partial charge in [0, 0.05) is 61.8 Å². The van der Waals surface area contributed by atoms with Gasteiger partial charge in [-0.3, -0.25) is 14.7 Å². The molecule has 4 heterocycles. The highest BCUT2D eigenvalue weighted by molar-refractivity contribution is 6.03. The number of phenolic OH excluding ortho intramolecular Hbond substituents is 1. The van der Waals surface area contributed by atoms with Crippen molar-refractivity contribution in [2.45, 2.75) is 69.9 Å². The van der Waals surface area contributed by atoms with E-state index >= 15 is 4.39 Å². The number of rotatable bonds is 8. The van der Waals surface area contributed by atoms with Gasteiger partial charge in [-0.25, -0.2) is 8.78 Å². The van der Waals surface area contributed by atoms with Gasteiger partial charge in [-0.1, -0.05) is 18.4 Å². The summed E-state index contributed by atoms with van der Waals surface area (Å²) >= 11 is 0. The number of benzene rings is 2. The molecule has 2 N–H and O–H groups in total. The number of aromatic nitrogens is 3. The van der Waals surface area contributed by atoms with Crippen molar-refractivity contribution < 1.29 is 28.2 Å². The van der Waals surface area contributed by atoms with Crippen LogP contribution in [0.15, 0.2) is 30.5 Å². The van der Waals surface area contributed by atoms with Gasteiger partial charge in [0.05, 0.1) is 29.7 Å². The van der Waals surface area contributed by atoms with Gasteiger partial charge in [-0.15, -0.1) is 6.42 Å². The largest absolute Gasteiger partial charge is 0.508 e. The lowest BCUT2D eigenvalue weighted by atomic mass is 9.75. The van der Waals surface area contributed by atoms with Crippen molar-refractivity contribution in [2.75, 3.05) is 50.9 Å². The minimum absolute atomic E-state index is 0.0112. The molecule has 8 rings (SSSR count). The predicted octanol–water partition coefficient (Wildman–Crippen LogP) is 5.72. The molecule has 2 atom stereocenters. The molecule has 2 aliphatic heterocycles. The maximum Gasteiger partial charge on any atom is 0.319 e. The fourth-order valence-electron chi connectivity index (χ4n) is 8.87. The fraction of sp³-hybridized carbons (Fsp3) is 0.487. The Morgan fingerprint density at radius 2 is 1.96 bits per heavy atom. The summed E-state index contributed by atoms with van der Waals surface area (Å²) in [5.74, 6) is 1.39. The van der Waals surface area contributed by atoms with Crippen molar-refractivity contribution in [3.8, 4) is 35.4 Å². The van der Waals surface area contributed by atoms with Gasteiger partial charge >= 0.3 is 6.01 Å². The van der Waals surface area contributed by atoms with Crippen molar-refractivity contribution in [2.24, 2.45) is 5.41 Å². The van der Waals surface area contributed by atoms with Crippen LogP contribution in [0.3, 0.4) is 0 Å². The zero-order valence-electron chi connectivity index (χ0n) is 28.8. The lowest BCUT2D eigenvalue weighted by Gasteiger charge is -2.47. The Morgan fingerprint density at radius 1 is 1.12 bits per heavy atom. The molecule has 4 aliphatic rings. The number of hydrogen-bond acceptors (Lipinski definition) is 9. The van der Waals surface area contributed by atoms with Crippen LogP contribution in [0.1, 0.15) is 63.9 Å². The van der Waals surface area contributed by atoms with Crippen LogP contribution in [0.25, 0.3) is 32.9 Å². The molecule has 4 fully saturated rings. The summed E-state index contributed by atoms with van der Waals surface area (Å²) < 4.78 is 44.1. The monoisotopic (exact) mass is 696 g/mol. The molecular weight excluding hydrogens is 654 g/mol. The summed E-state index contributed by atoms with van der Waals surface area (Å²) in [6.45, 7) is 6.09. The third kappa shape index (κ3) is 6.20. The summed E-state index contributed by atoms with van der Waals surface area (Å²) in [5, 5.41) is 14.9. The molecule has 0 spiro atoms. The van der Waals surface area contributed by atoms with Gasteiger partial charge in [0.2, 0.25) is 5.91 Å². The first kappa shape index (κ1) is 33.5. The standard InChI is InChI=1S/C39H42F2N6O4/c1-3-27-30(40)9-8-25-19-26(49)20-28(32(25)27)34-33(41)35-29(21-42-34)36(46-15-6-17-50-18-16-46)44-37(43-35)51-23-38-10-4-7-31(38)47(14-5-11-38)22-39(12-13-39)45-24(2)48/h1,8-9,19-21,31,49H,4-7,10-18,22-23H2,2H3,(H,45,48). The lowest BCUT2D eigenvalue weighted by molar-refractivity contribution is -0.120. The Balaban J connectivity index is 1.18. The molecule has 2 saturated heterocycles. The summed E-state index contributed by atoms with van der Waals surface area (Å²) in [6.07, 6.45) is 15.2. The molecule has 4 aromatic rings. The minimum atomic E-state index is -0.750. The number of fused-ring (bicyclic) bond motifs is 3. The van der Waals surface area contributed by atoms with E-state index in [2.05, 4.69) is 31.0 Å². The summed E-state index contributed by atoms with van der Waals surface area (Å²) in [7, 11) is 0. The number of aromatic hydroxyl groups is 1. The number of pyridine rings is 1. The van der Waals surface area contributed by atoms with Gasteiger partial charge in [-0.2, -0.15) is 9.97 Å². The third-order valence-corrected chi connectivity index (χ3v) is 11.3. The molecule has 51 heavy (non-hydrogen) atoms. The number of piperidine rings is 1. The second kappa shape index (κ2) is 13.2. The van der Waals surface area contributed by atoms with Crippen LogP contribution < -0.4 is 15.0 Å². The number of ether oxygens (including phenoxy) is 2. The molecule has 2 unspecified atom stereocenters. The van der Waals surface area contributed by atoms with Crippen molar-refractivity contribution in [1.29, 1.82) is 0 Å². The number of amides is 1. The second-order valence-electron chi connectivity index (χ2n) is 14.7. The summed E-state index contributed by atoms with van der Waals surface area (Å²) in [6, 6.07) is 5.90. The zero-order valence-corrected chi connectivity index (χ0v) is 28.8. The summed E-state index contributed by atoms with van der Waals surface area (Å²) in [4.78, 5) is 30.6. The molecule has 2 saturated carbocycles. The normalized spacial score (nSPS) is 23.1. The Bertz CT molecular complexity index is 2060. The van der Waals surface area contributed by atoms with E-state index in [1.807, 2.05) is 0 Å². The average Bonchev–Trinajstić information content (AvgIpc) is 3.80. The highest BCUT2D eigenvalue weighted by Gasteiger charge is 2.52. The predicted molar refractivity (Wildman–Crippen MR) is 190 cm³/mol. The molecular formula is C39H42F2N6O4. The Hall–Kier alpha value is -4.60. The van der Waals surface area contributed by atoms with Crippen molar-refractivity contribution >= 4 is 33.4 Å². The van der Waals surface area contributed by atoms with Gasteiger partial charge < -0.3 is 24.8 Å². The number of anilines is 1. The number of phenols is 1. The molecule has 266 valence electrons. The SMILES string of the molecule is C#Cc1c(F)ccc2cc(O)cc(-c3ncc4c(N5CCCOCC5)nc(OCC56CCCC5N(CC5(NC(C)=O)CC5)CCC6)nc4c3F)c12. The van der Waals surface area contributed by atoms with E-state index in [1.54, 1.807) is 6.92 Å². The van der Waals surface area contributed by atoms with E-state index < -0.39 is 11.6 Å². The van der Waals surface area contributed by atoms with Gasteiger partial charge in [0.25, 0.3) is 0 Å². The summed E-state index contributed by atoms with van der Waals surface area (Å²) in [5.41, 5.74) is -0.245. The van der Waals surface area contributed by atoms with Gasteiger partial charge in [-0.05, 0) is 75.1 Å². The number of carbonyl (C=O) groups excluding carboxylic acids is 1. The maximum atomic E-state index is 17.0. The van der Waals surface area contributed by atoms with E-state index in [1.165, 1.54) is 30.5 Å². The fourth-order valence-corrected chi connectivity index (χ4v) is 8.87. The van der Waals surface area contributed by atoms with Gasteiger partial charge in [0.15, 0.2) is 5.82 Å². The van der Waals surface area contributed by atoms with E-state index in [4.69, 9.17) is 20.9 Å². The quantitative estimate of drug-likeness (QED) is 0.224. The van der Waals surface area contributed by atoms with E-state index in [0.29, 0.717) is 55.5 Å². The van der Waals surface area contributed by atoms with E-state index in [9.17, 15) is 14.3 Å². The maximum absolute atomic E-state index is 17.0. The Labute approximate surface area is 295 Å². The molecule has 0 radical (unpaired) electrons. The van der Waals surface area contributed by atoms with Crippen LogP contribution in [-0.2, 0) is 9.53 Å². The van der Waals surface area contributed by atoms with Crippen LogP contribution >= 0.6 is 0 Å². The molecule has 2 aliphatic carbocycles. The van der Waals surface area contributed by atoms with E-state index in [0.717, 1.165) is 64.5 Å². The van der Waals surface area contributed by atoms with Crippen molar-refractivity contribution in [1.82, 2.24) is 25.2 Å². The zero-order chi connectivity index (χ0) is 35.3. The average molecular weight is 697 g/mol. The molecule has 1 amide bonds. The number of carbonyl (C=O) groups is 1. The molecule has 0 bridgehead atoms.